The second kappa shape index (κ2) is 8.67. The van der Waals surface area contributed by atoms with E-state index in [1.807, 2.05) is 44.6 Å². The van der Waals surface area contributed by atoms with Gasteiger partial charge >= 0.3 is 5.97 Å². The fourth-order valence-corrected chi connectivity index (χ4v) is 4.97. The third kappa shape index (κ3) is 5.03. The van der Waals surface area contributed by atoms with E-state index in [0.29, 0.717) is 12.0 Å². The molecule has 1 atom stereocenters. The number of allylic oxidation sites excluding steroid dienone is 2. The molecule has 2 aromatic rings. The molecule has 1 aliphatic rings. The van der Waals surface area contributed by atoms with Crippen LogP contribution in [-0.4, -0.2) is 28.0 Å². The molecule has 0 saturated carbocycles. The van der Waals surface area contributed by atoms with Gasteiger partial charge in [0.1, 0.15) is 5.00 Å². The van der Waals surface area contributed by atoms with Crippen molar-refractivity contribution in [3.8, 4) is 5.00 Å². The Morgan fingerprint density at radius 2 is 2.10 bits per heavy atom. The number of rotatable bonds is 6. The van der Waals surface area contributed by atoms with Crippen LogP contribution in [0.5, 0.6) is 0 Å². The van der Waals surface area contributed by atoms with Crippen molar-refractivity contribution in [3.05, 3.63) is 40.5 Å². The average Bonchev–Trinajstić information content (AvgIpc) is 3.27. The highest BCUT2D eigenvalue weighted by atomic mass is 32.1. The molecule has 3 rings (SSSR count). The van der Waals surface area contributed by atoms with Crippen LogP contribution in [0.3, 0.4) is 0 Å². The lowest BCUT2D eigenvalue weighted by atomic mass is 9.76. The molecule has 1 unspecified atom stereocenters. The number of ether oxygens (including phenoxy) is 2. The number of hydrogen-bond acceptors (Lipinski definition) is 5. The maximum absolute atomic E-state index is 13.0. The molecule has 0 bridgehead atoms. The smallest absolute Gasteiger partial charge is 0.340 e. The van der Waals surface area contributed by atoms with E-state index < -0.39 is 11.7 Å². The minimum absolute atomic E-state index is 0.295. The Kier molecular flexibility index (Phi) is 6.58. The van der Waals surface area contributed by atoms with E-state index in [0.717, 1.165) is 40.3 Å². The van der Waals surface area contributed by atoms with Gasteiger partial charge < -0.3 is 9.47 Å². The van der Waals surface area contributed by atoms with Crippen LogP contribution in [-0.2, 0) is 14.3 Å². The maximum atomic E-state index is 13.0. The standard InChI is InChI=1S/C24H34N2O3S/c1-8-28-22(27)20(29-23(3,4)5)18-16(2)30-21(26-15-9-14-25-26)19(18)17-10-12-24(6,7)13-11-17/h9-10,14-15,20H,8,11-13H2,1-7H3. The molecule has 0 fully saturated rings. The zero-order valence-corrected chi connectivity index (χ0v) is 20.1. The molecule has 5 nitrogen and oxygen atoms in total. The van der Waals surface area contributed by atoms with Gasteiger partial charge in [-0.2, -0.15) is 5.10 Å². The van der Waals surface area contributed by atoms with E-state index in [1.165, 1.54) is 5.57 Å². The third-order valence-electron chi connectivity index (χ3n) is 5.35. The highest BCUT2D eigenvalue weighted by Crippen LogP contribution is 2.46. The molecule has 0 aromatic carbocycles. The van der Waals surface area contributed by atoms with Crippen LogP contribution in [0, 0.1) is 12.3 Å². The first-order chi connectivity index (χ1) is 14.0. The van der Waals surface area contributed by atoms with Crippen molar-refractivity contribution >= 4 is 22.9 Å². The van der Waals surface area contributed by atoms with Gasteiger partial charge in [0, 0.05) is 28.4 Å². The van der Waals surface area contributed by atoms with Crippen molar-refractivity contribution in [1.82, 2.24) is 9.78 Å². The average molecular weight is 431 g/mol. The topological polar surface area (TPSA) is 53.4 Å². The maximum Gasteiger partial charge on any atom is 0.340 e. The van der Waals surface area contributed by atoms with Crippen LogP contribution in [0.1, 0.15) is 82.9 Å². The van der Waals surface area contributed by atoms with Crippen molar-refractivity contribution in [3.63, 3.8) is 0 Å². The summed E-state index contributed by atoms with van der Waals surface area (Å²) in [7, 11) is 0. The largest absolute Gasteiger partial charge is 0.464 e. The summed E-state index contributed by atoms with van der Waals surface area (Å²) in [5.74, 6) is -0.335. The highest BCUT2D eigenvalue weighted by molar-refractivity contribution is 7.15. The Bertz CT molecular complexity index is 917. The summed E-state index contributed by atoms with van der Waals surface area (Å²) in [6.07, 6.45) is 8.39. The van der Waals surface area contributed by atoms with E-state index in [9.17, 15) is 4.79 Å². The predicted octanol–water partition coefficient (Wildman–Crippen LogP) is 6.26. The summed E-state index contributed by atoms with van der Waals surface area (Å²) in [4.78, 5) is 14.1. The number of aromatic nitrogens is 2. The summed E-state index contributed by atoms with van der Waals surface area (Å²) >= 11 is 1.65. The molecular formula is C24H34N2O3S. The van der Waals surface area contributed by atoms with Gasteiger partial charge in [0.15, 0.2) is 6.10 Å². The minimum Gasteiger partial charge on any atom is -0.464 e. The zero-order valence-electron chi connectivity index (χ0n) is 19.2. The molecule has 6 heteroatoms. The molecule has 2 aromatic heterocycles. The summed E-state index contributed by atoms with van der Waals surface area (Å²) in [6, 6.07) is 1.92. The van der Waals surface area contributed by atoms with Gasteiger partial charge in [-0.3, -0.25) is 0 Å². The summed E-state index contributed by atoms with van der Waals surface area (Å²) in [5, 5.41) is 5.52. The van der Waals surface area contributed by atoms with Crippen molar-refractivity contribution in [2.45, 2.75) is 79.4 Å². The van der Waals surface area contributed by atoms with E-state index in [4.69, 9.17) is 9.47 Å². The van der Waals surface area contributed by atoms with Crippen LogP contribution in [0.15, 0.2) is 24.5 Å². The fraction of sp³-hybridized carbons (Fsp3) is 0.583. The number of thiophene rings is 1. The molecule has 164 valence electrons. The van der Waals surface area contributed by atoms with Crippen LogP contribution in [0.25, 0.3) is 10.6 Å². The lowest BCUT2D eigenvalue weighted by Crippen LogP contribution is -2.29. The molecule has 0 amide bonds. The van der Waals surface area contributed by atoms with E-state index in [1.54, 1.807) is 17.5 Å². The van der Waals surface area contributed by atoms with Crippen molar-refractivity contribution in [2.75, 3.05) is 6.61 Å². The van der Waals surface area contributed by atoms with Crippen molar-refractivity contribution in [2.24, 2.45) is 5.41 Å². The summed E-state index contributed by atoms with van der Waals surface area (Å²) < 4.78 is 13.6. The predicted molar refractivity (Wildman–Crippen MR) is 122 cm³/mol. The van der Waals surface area contributed by atoms with Crippen LogP contribution >= 0.6 is 11.3 Å². The normalized spacial score (nSPS) is 17.5. The SMILES string of the molecule is CCOC(=O)C(OC(C)(C)C)c1c(C)sc(-n2cccn2)c1C1=CCC(C)(C)CC1. The van der Waals surface area contributed by atoms with Gasteiger partial charge in [-0.05, 0) is 70.9 Å². The fourth-order valence-electron chi connectivity index (χ4n) is 3.82. The molecule has 0 spiro atoms. The molecule has 1 aliphatic carbocycles. The molecule has 0 radical (unpaired) electrons. The first-order valence-electron chi connectivity index (χ1n) is 10.7. The van der Waals surface area contributed by atoms with Gasteiger partial charge in [-0.15, -0.1) is 11.3 Å². The molecule has 0 N–H and O–H groups in total. The summed E-state index contributed by atoms with van der Waals surface area (Å²) in [6.45, 7) is 14.7. The Balaban J connectivity index is 2.19. The third-order valence-corrected chi connectivity index (χ3v) is 6.46. The number of esters is 1. The number of carbonyl (C=O) groups excluding carboxylic acids is 1. The van der Waals surface area contributed by atoms with Gasteiger partial charge in [-0.1, -0.05) is 19.9 Å². The van der Waals surface area contributed by atoms with E-state index in [2.05, 4.69) is 31.9 Å². The first-order valence-corrected chi connectivity index (χ1v) is 11.5. The van der Waals surface area contributed by atoms with Gasteiger partial charge in [0.05, 0.1) is 12.2 Å². The van der Waals surface area contributed by atoms with E-state index in [-0.39, 0.29) is 5.97 Å². The number of nitrogens with zero attached hydrogens (tertiary/aromatic N) is 2. The zero-order chi connectivity index (χ0) is 22.1. The molecule has 2 heterocycles. The molecule has 30 heavy (non-hydrogen) atoms. The molecule has 0 saturated heterocycles. The van der Waals surface area contributed by atoms with E-state index >= 15 is 0 Å². The molecular weight excluding hydrogens is 396 g/mol. The lowest BCUT2D eigenvalue weighted by molar-refractivity contribution is -0.166. The van der Waals surface area contributed by atoms with Gasteiger partial charge in [0.2, 0.25) is 0 Å². The van der Waals surface area contributed by atoms with Crippen molar-refractivity contribution in [1.29, 1.82) is 0 Å². The Labute approximate surface area is 184 Å². The van der Waals surface area contributed by atoms with Crippen LogP contribution < -0.4 is 0 Å². The highest BCUT2D eigenvalue weighted by Gasteiger charge is 2.36. The number of carbonyl (C=O) groups is 1. The second-order valence-electron chi connectivity index (χ2n) is 9.66. The van der Waals surface area contributed by atoms with Gasteiger partial charge in [-0.25, -0.2) is 9.48 Å². The lowest BCUT2D eigenvalue weighted by Gasteiger charge is -2.31. The quantitative estimate of drug-likeness (QED) is 0.508. The van der Waals surface area contributed by atoms with Gasteiger partial charge in [0.25, 0.3) is 0 Å². The number of hydrogen-bond donors (Lipinski definition) is 0. The second-order valence-corrected chi connectivity index (χ2v) is 10.9. The molecule has 0 aliphatic heterocycles. The minimum atomic E-state index is -0.767. The summed E-state index contributed by atoms with van der Waals surface area (Å²) in [5.41, 5.74) is 3.08. The van der Waals surface area contributed by atoms with Crippen LogP contribution in [0.2, 0.25) is 0 Å². The number of aryl methyl sites for hydroxylation is 1. The monoisotopic (exact) mass is 430 g/mol. The Morgan fingerprint density at radius 1 is 1.37 bits per heavy atom. The Morgan fingerprint density at radius 3 is 2.63 bits per heavy atom. The Hall–Kier alpha value is -1.92. The van der Waals surface area contributed by atoms with Crippen LogP contribution in [0.4, 0.5) is 0 Å². The first kappa shape index (κ1) is 22.8. The van der Waals surface area contributed by atoms with Crippen molar-refractivity contribution < 1.29 is 14.3 Å².